The van der Waals surface area contributed by atoms with Crippen molar-refractivity contribution in [2.24, 2.45) is 11.3 Å². The molecule has 4 aromatic rings. The second-order valence-electron chi connectivity index (χ2n) is 12.6. The minimum atomic E-state index is -4.78. The van der Waals surface area contributed by atoms with E-state index in [0.717, 1.165) is 57.3 Å². The summed E-state index contributed by atoms with van der Waals surface area (Å²) in [7, 11) is 0. The molecule has 7 nitrogen and oxygen atoms in total. The lowest BCUT2D eigenvalue weighted by molar-refractivity contribution is -0.138. The van der Waals surface area contributed by atoms with E-state index in [-0.39, 0.29) is 34.0 Å². The summed E-state index contributed by atoms with van der Waals surface area (Å²) < 4.78 is 67.1. The molecule has 240 valence electrons. The summed E-state index contributed by atoms with van der Waals surface area (Å²) in [5.74, 6) is -0.240. The fraction of sp³-hybridized carbons (Fsp3) is 0.412. The number of likely N-dealkylation sites (tertiary alicyclic amines) is 1. The highest BCUT2D eigenvalue weighted by atomic mass is 32.1. The molecule has 1 aromatic carbocycles. The Kier molecular flexibility index (Phi) is 8.50. The Bertz CT molecular complexity index is 1680. The lowest BCUT2D eigenvalue weighted by atomic mass is 9.72. The number of anilines is 1. The number of pyridine rings is 1. The summed E-state index contributed by atoms with van der Waals surface area (Å²) in [4.78, 5) is 12.8. The Morgan fingerprint density at radius 1 is 1.02 bits per heavy atom. The van der Waals surface area contributed by atoms with Crippen molar-refractivity contribution in [2.75, 3.05) is 37.6 Å². The van der Waals surface area contributed by atoms with Gasteiger partial charge < -0.3 is 14.5 Å². The standard InChI is InChI=1S/C34H34F4N6OS/c35-26(27-21-46-32(42-27)25-9-14-40-41-19-25)18-24-7-8-28(45-29-4-1-2-13-39-29)30(34(36,37)38)31(24)44-15-3-10-33(22-44)11-16-43(17-12-33)20-23-5-6-23/h1-2,4,7-9,13-14,18-19,21,23H,3,5-6,10-12,15-17,20,22H2/b26-18-. The summed E-state index contributed by atoms with van der Waals surface area (Å²) in [5.41, 5.74) is -0.239. The zero-order chi connectivity index (χ0) is 31.7. The minimum absolute atomic E-state index is 0.0447. The predicted octanol–water partition coefficient (Wildman–Crippen LogP) is 8.37. The molecule has 5 heterocycles. The highest BCUT2D eigenvalue weighted by Gasteiger charge is 2.44. The number of alkyl halides is 3. The molecule has 0 N–H and O–H groups in total. The van der Waals surface area contributed by atoms with Gasteiger partial charge in [-0.15, -0.1) is 11.3 Å². The molecule has 0 unspecified atom stereocenters. The zero-order valence-corrected chi connectivity index (χ0v) is 26.0. The molecule has 0 atom stereocenters. The highest BCUT2D eigenvalue weighted by Crippen LogP contribution is 2.50. The van der Waals surface area contributed by atoms with Crippen molar-refractivity contribution in [3.63, 3.8) is 0 Å². The Hall–Kier alpha value is -3.90. The fourth-order valence-corrected chi connectivity index (χ4v) is 7.55. The summed E-state index contributed by atoms with van der Waals surface area (Å²) in [6, 6.07) is 9.30. The number of piperidine rings is 2. The summed E-state index contributed by atoms with van der Waals surface area (Å²) in [6.07, 6.45) is 7.09. The van der Waals surface area contributed by atoms with E-state index in [4.69, 9.17) is 4.74 Å². The van der Waals surface area contributed by atoms with Gasteiger partial charge in [0.2, 0.25) is 5.88 Å². The van der Waals surface area contributed by atoms with Crippen molar-refractivity contribution in [1.29, 1.82) is 0 Å². The lowest BCUT2D eigenvalue weighted by Gasteiger charge is -2.49. The van der Waals surface area contributed by atoms with Gasteiger partial charge in [0, 0.05) is 48.4 Å². The van der Waals surface area contributed by atoms with Gasteiger partial charge in [-0.1, -0.05) is 6.07 Å². The van der Waals surface area contributed by atoms with Crippen molar-refractivity contribution in [2.45, 2.75) is 44.7 Å². The number of hydrogen-bond acceptors (Lipinski definition) is 8. The predicted molar refractivity (Wildman–Crippen MR) is 170 cm³/mol. The van der Waals surface area contributed by atoms with Crippen LogP contribution >= 0.6 is 11.3 Å². The maximum absolute atomic E-state index is 15.9. The fourth-order valence-electron chi connectivity index (χ4n) is 6.75. The third-order valence-electron chi connectivity index (χ3n) is 9.28. The van der Waals surface area contributed by atoms with Gasteiger partial charge in [-0.2, -0.15) is 23.4 Å². The van der Waals surface area contributed by atoms with Gasteiger partial charge in [-0.25, -0.2) is 14.4 Å². The number of ether oxygens (including phenoxy) is 1. The molecular weight excluding hydrogens is 616 g/mol. The van der Waals surface area contributed by atoms with Crippen LogP contribution in [0.5, 0.6) is 11.6 Å². The number of benzene rings is 1. The van der Waals surface area contributed by atoms with Gasteiger partial charge in [0.1, 0.15) is 27.8 Å². The smallest absolute Gasteiger partial charge is 0.422 e. The summed E-state index contributed by atoms with van der Waals surface area (Å²) >= 11 is 1.23. The van der Waals surface area contributed by atoms with Crippen molar-refractivity contribution in [1.82, 2.24) is 25.1 Å². The Morgan fingerprint density at radius 3 is 2.59 bits per heavy atom. The van der Waals surface area contributed by atoms with E-state index in [1.807, 2.05) is 4.90 Å². The monoisotopic (exact) mass is 650 g/mol. The van der Waals surface area contributed by atoms with Crippen molar-refractivity contribution >= 4 is 28.9 Å². The molecule has 3 fully saturated rings. The van der Waals surface area contributed by atoms with Crippen LogP contribution in [-0.2, 0) is 6.18 Å². The van der Waals surface area contributed by atoms with Crippen LogP contribution in [0.3, 0.4) is 0 Å². The van der Waals surface area contributed by atoms with Crippen molar-refractivity contribution < 1.29 is 22.3 Å². The molecule has 2 aliphatic heterocycles. The first-order valence-corrected chi connectivity index (χ1v) is 16.5. The molecule has 0 amide bonds. The zero-order valence-electron chi connectivity index (χ0n) is 25.2. The Labute approximate surface area is 269 Å². The molecule has 12 heteroatoms. The van der Waals surface area contributed by atoms with Crippen LogP contribution in [0.2, 0.25) is 0 Å². The van der Waals surface area contributed by atoms with E-state index < -0.39 is 17.6 Å². The molecule has 0 radical (unpaired) electrons. The second kappa shape index (κ2) is 12.7. The first-order valence-electron chi connectivity index (χ1n) is 15.7. The summed E-state index contributed by atoms with van der Waals surface area (Å²) in [6.45, 7) is 3.94. The third-order valence-corrected chi connectivity index (χ3v) is 10.2. The van der Waals surface area contributed by atoms with Gasteiger partial charge in [0.25, 0.3) is 0 Å². The molecular formula is C34H34F4N6OS. The summed E-state index contributed by atoms with van der Waals surface area (Å²) in [5, 5.41) is 9.70. The molecule has 1 spiro atoms. The van der Waals surface area contributed by atoms with Crippen LogP contribution in [0, 0.1) is 11.3 Å². The molecule has 46 heavy (non-hydrogen) atoms. The largest absolute Gasteiger partial charge is 0.438 e. The van der Waals surface area contributed by atoms with Gasteiger partial charge in [-0.05, 0) is 93.3 Å². The van der Waals surface area contributed by atoms with Crippen molar-refractivity contribution in [3.8, 4) is 22.2 Å². The van der Waals surface area contributed by atoms with Crippen LogP contribution < -0.4 is 9.64 Å². The molecule has 1 aliphatic carbocycles. The topological polar surface area (TPSA) is 67.3 Å². The second-order valence-corrected chi connectivity index (χ2v) is 13.4. The van der Waals surface area contributed by atoms with Gasteiger partial charge in [0.05, 0.1) is 18.1 Å². The van der Waals surface area contributed by atoms with E-state index in [1.54, 1.807) is 23.6 Å². The molecule has 7 rings (SSSR count). The number of aromatic nitrogens is 4. The number of hydrogen-bond donors (Lipinski definition) is 0. The Morgan fingerprint density at radius 2 is 1.87 bits per heavy atom. The molecule has 2 saturated heterocycles. The quantitative estimate of drug-likeness (QED) is 0.178. The normalized spacial score (nSPS) is 19.0. The van der Waals surface area contributed by atoms with E-state index in [1.165, 1.54) is 61.0 Å². The van der Waals surface area contributed by atoms with E-state index in [2.05, 4.69) is 25.1 Å². The average molecular weight is 651 g/mol. The van der Waals surface area contributed by atoms with E-state index >= 15 is 17.6 Å². The highest BCUT2D eigenvalue weighted by molar-refractivity contribution is 7.13. The first kappa shape index (κ1) is 30.7. The SMILES string of the molecule is F/C(=C\c1ccc(Oc2ccccn2)c(C(F)(F)F)c1N1CCCC2(CCN(CC3CC3)CC2)C1)c1csc(-c2ccnnc2)n1. The van der Waals surface area contributed by atoms with Gasteiger partial charge in [0.15, 0.2) is 0 Å². The van der Waals surface area contributed by atoms with E-state index in [0.29, 0.717) is 23.7 Å². The molecule has 1 saturated carbocycles. The third kappa shape index (κ3) is 6.78. The molecule has 3 aliphatic rings. The Balaban J connectivity index is 1.27. The van der Waals surface area contributed by atoms with Crippen LogP contribution in [0.25, 0.3) is 22.5 Å². The van der Waals surface area contributed by atoms with E-state index in [9.17, 15) is 0 Å². The minimum Gasteiger partial charge on any atom is -0.438 e. The lowest BCUT2D eigenvalue weighted by Crippen LogP contribution is -2.50. The average Bonchev–Trinajstić information content (AvgIpc) is 3.73. The van der Waals surface area contributed by atoms with Crippen LogP contribution in [0.4, 0.5) is 23.2 Å². The van der Waals surface area contributed by atoms with Gasteiger partial charge >= 0.3 is 6.18 Å². The van der Waals surface area contributed by atoms with Gasteiger partial charge in [-0.3, -0.25) is 0 Å². The first-order chi connectivity index (χ1) is 22.3. The van der Waals surface area contributed by atoms with Crippen LogP contribution in [0.15, 0.2) is 60.4 Å². The molecule has 0 bridgehead atoms. The van der Waals surface area contributed by atoms with Crippen LogP contribution in [0.1, 0.15) is 55.3 Å². The maximum atomic E-state index is 15.9. The number of halogens is 4. The maximum Gasteiger partial charge on any atom is 0.422 e. The van der Waals surface area contributed by atoms with Crippen LogP contribution in [-0.4, -0.2) is 57.8 Å². The van der Waals surface area contributed by atoms with Crippen molar-refractivity contribution in [3.05, 3.63) is 77.2 Å². The number of rotatable bonds is 8. The number of nitrogens with zero attached hydrogens (tertiary/aromatic N) is 6. The molecule has 3 aromatic heterocycles. The number of thiazole rings is 1.